The van der Waals surface area contributed by atoms with Crippen LogP contribution in [0.1, 0.15) is 25.3 Å². The van der Waals surface area contributed by atoms with Crippen LogP contribution in [-0.4, -0.2) is 40.1 Å². The molecule has 0 radical (unpaired) electrons. The highest BCUT2D eigenvalue weighted by molar-refractivity contribution is 5.84. The lowest BCUT2D eigenvalue weighted by Gasteiger charge is -2.21. The Morgan fingerprint density at radius 1 is 1.47 bits per heavy atom. The van der Waals surface area contributed by atoms with E-state index in [2.05, 4.69) is 15.5 Å². The normalized spacial score (nSPS) is 16.9. The molecule has 1 aliphatic heterocycles. The van der Waals surface area contributed by atoms with Gasteiger partial charge in [-0.05, 0) is 38.3 Å². The standard InChI is InChI=1S/C12H18N4O/c1-9-7-11(15-13-8-9)14-10(2)12(17)16-5-3-4-6-16/h7-8,10H,3-6H2,1-2H3,(H,14,15). The van der Waals surface area contributed by atoms with Gasteiger partial charge in [-0.2, -0.15) is 5.10 Å². The third-order valence-electron chi connectivity index (χ3n) is 2.94. The van der Waals surface area contributed by atoms with Gasteiger partial charge < -0.3 is 10.2 Å². The number of hydrogen-bond donors (Lipinski definition) is 1. The fourth-order valence-corrected chi connectivity index (χ4v) is 2.03. The molecule has 5 heteroatoms. The van der Waals surface area contributed by atoms with E-state index in [-0.39, 0.29) is 11.9 Å². The summed E-state index contributed by atoms with van der Waals surface area (Å²) in [6, 6.07) is 1.64. The Labute approximate surface area is 101 Å². The van der Waals surface area contributed by atoms with E-state index in [4.69, 9.17) is 0 Å². The van der Waals surface area contributed by atoms with E-state index in [1.165, 1.54) is 0 Å². The molecule has 1 aromatic rings. The van der Waals surface area contributed by atoms with Crippen LogP contribution in [0.15, 0.2) is 12.3 Å². The summed E-state index contributed by atoms with van der Waals surface area (Å²) in [4.78, 5) is 14.0. The van der Waals surface area contributed by atoms with E-state index in [9.17, 15) is 4.79 Å². The first-order chi connectivity index (χ1) is 8.16. The number of rotatable bonds is 3. The van der Waals surface area contributed by atoms with Crippen LogP contribution in [0.2, 0.25) is 0 Å². The van der Waals surface area contributed by atoms with Gasteiger partial charge in [0.2, 0.25) is 5.91 Å². The number of aromatic nitrogens is 2. The molecule has 1 fully saturated rings. The maximum atomic E-state index is 12.0. The molecule has 0 aliphatic carbocycles. The molecule has 1 aliphatic rings. The number of anilines is 1. The van der Waals surface area contributed by atoms with Gasteiger partial charge in [0.25, 0.3) is 0 Å². The number of hydrogen-bond acceptors (Lipinski definition) is 4. The summed E-state index contributed by atoms with van der Waals surface area (Å²) in [5, 5.41) is 10.9. The lowest BCUT2D eigenvalue weighted by Crippen LogP contribution is -2.39. The van der Waals surface area contributed by atoms with E-state index in [0.717, 1.165) is 31.5 Å². The molecule has 0 aromatic carbocycles. The van der Waals surface area contributed by atoms with Crippen LogP contribution in [0.4, 0.5) is 5.82 Å². The van der Waals surface area contributed by atoms with E-state index < -0.39 is 0 Å². The van der Waals surface area contributed by atoms with Gasteiger partial charge in [-0.1, -0.05) is 0 Å². The van der Waals surface area contributed by atoms with Gasteiger partial charge in [-0.3, -0.25) is 4.79 Å². The third kappa shape index (κ3) is 2.93. The van der Waals surface area contributed by atoms with E-state index in [0.29, 0.717) is 5.82 Å². The molecule has 0 bridgehead atoms. The Bertz CT molecular complexity index is 401. The molecule has 1 saturated heterocycles. The number of nitrogens with zero attached hydrogens (tertiary/aromatic N) is 3. The van der Waals surface area contributed by atoms with Crippen LogP contribution in [0.25, 0.3) is 0 Å². The molecule has 0 spiro atoms. The molecular formula is C12H18N4O. The molecule has 5 nitrogen and oxygen atoms in total. The molecule has 1 amide bonds. The van der Waals surface area contributed by atoms with Gasteiger partial charge in [0, 0.05) is 13.1 Å². The van der Waals surface area contributed by atoms with Crippen LogP contribution in [0, 0.1) is 6.92 Å². The van der Waals surface area contributed by atoms with Gasteiger partial charge in [0.1, 0.15) is 11.9 Å². The SMILES string of the molecule is Cc1cnnc(NC(C)C(=O)N2CCCC2)c1. The maximum Gasteiger partial charge on any atom is 0.244 e. The number of carbonyl (C=O) groups is 1. The Kier molecular flexibility index (Phi) is 3.56. The first-order valence-electron chi connectivity index (χ1n) is 6.01. The molecule has 92 valence electrons. The smallest absolute Gasteiger partial charge is 0.244 e. The third-order valence-corrected chi connectivity index (χ3v) is 2.94. The first kappa shape index (κ1) is 11.8. The molecule has 1 aromatic heterocycles. The van der Waals surface area contributed by atoms with Crippen molar-refractivity contribution in [3.05, 3.63) is 17.8 Å². The summed E-state index contributed by atoms with van der Waals surface area (Å²) in [5.41, 5.74) is 1.03. The highest BCUT2D eigenvalue weighted by Crippen LogP contribution is 2.11. The lowest BCUT2D eigenvalue weighted by atomic mass is 10.2. The zero-order chi connectivity index (χ0) is 12.3. The number of likely N-dealkylation sites (tertiary alicyclic amines) is 1. The second-order valence-corrected chi connectivity index (χ2v) is 4.52. The molecule has 2 rings (SSSR count). The summed E-state index contributed by atoms with van der Waals surface area (Å²) in [7, 11) is 0. The number of nitrogens with one attached hydrogen (secondary N) is 1. The van der Waals surface area contributed by atoms with Crippen molar-refractivity contribution in [3.63, 3.8) is 0 Å². The predicted molar refractivity (Wildman–Crippen MR) is 65.7 cm³/mol. The van der Waals surface area contributed by atoms with Gasteiger partial charge >= 0.3 is 0 Å². The summed E-state index contributed by atoms with van der Waals surface area (Å²) < 4.78 is 0. The zero-order valence-electron chi connectivity index (χ0n) is 10.3. The molecule has 1 N–H and O–H groups in total. The monoisotopic (exact) mass is 234 g/mol. The molecule has 2 heterocycles. The molecule has 0 saturated carbocycles. The van der Waals surface area contributed by atoms with E-state index >= 15 is 0 Å². The van der Waals surface area contributed by atoms with E-state index in [1.54, 1.807) is 6.20 Å². The van der Waals surface area contributed by atoms with Crippen LogP contribution in [0.5, 0.6) is 0 Å². The van der Waals surface area contributed by atoms with Crippen molar-refractivity contribution in [2.45, 2.75) is 32.7 Å². The average Bonchev–Trinajstić information content (AvgIpc) is 2.81. The van der Waals surface area contributed by atoms with Crippen LogP contribution in [-0.2, 0) is 4.79 Å². The number of amides is 1. The second-order valence-electron chi connectivity index (χ2n) is 4.52. The van der Waals surface area contributed by atoms with Gasteiger partial charge in [0.15, 0.2) is 0 Å². The van der Waals surface area contributed by atoms with Crippen LogP contribution >= 0.6 is 0 Å². The van der Waals surface area contributed by atoms with Crippen molar-refractivity contribution in [1.29, 1.82) is 0 Å². The second kappa shape index (κ2) is 5.12. The van der Waals surface area contributed by atoms with Crippen molar-refractivity contribution < 1.29 is 4.79 Å². The quantitative estimate of drug-likeness (QED) is 0.854. The topological polar surface area (TPSA) is 58.1 Å². The fourth-order valence-electron chi connectivity index (χ4n) is 2.03. The Balaban J connectivity index is 1.96. The van der Waals surface area contributed by atoms with Crippen molar-refractivity contribution in [2.24, 2.45) is 0 Å². The van der Waals surface area contributed by atoms with Crippen LogP contribution in [0.3, 0.4) is 0 Å². The molecule has 17 heavy (non-hydrogen) atoms. The van der Waals surface area contributed by atoms with Gasteiger partial charge in [-0.25, -0.2) is 0 Å². The minimum absolute atomic E-state index is 0.144. The summed E-state index contributed by atoms with van der Waals surface area (Å²) >= 11 is 0. The summed E-state index contributed by atoms with van der Waals surface area (Å²) in [6.07, 6.45) is 3.92. The van der Waals surface area contributed by atoms with Gasteiger partial charge in [-0.15, -0.1) is 5.10 Å². The fraction of sp³-hybridized carbons (Fsp3) is 0.583. The van der Waals surface area contributed by atoms with Crippen LogP contribution < -0.4 is 5.32 Å². The Hall–Kier alpha value is -1.65. The van der Waals surface area contributed by atoms with Crippen molar-refractivity contribution in [1.82, 2.24) is 15.1 Å². The first-order valence-corrected chi connectivity index (χ1v) is 6.01. The Morgan fingerprint density at radius 2 is 2.18 bits per heavy atom. The Morgan fingerprint density at radius 3 is 2.82 bits per heavy atom. The minimum atomic E-state index is -0.246. The van der Waals surface area contributed by atoms with E-state index in [1.807, 2.05) is 24.8 Å². The van der Waals surface area contributed by atoms with Crippen molar-refractivity contribution in [2.75, 3.05) is 18.4 Å². The highest BCUT2D eigenvalue weighted by Gasteiger charge is 2.23. The summed E-state index contributed by atoms with van der Waals surface area (Å²) in [6.45, 7) is 5.58. The number of carbonyl (C=O) groups excluding carboxylic acids is 1. The average molecular weight is 234 g/mol. The highest BCUT2D eigenvalue weighted by atomic mass is 16.2. The number of aryl methyl sites for hydroxylation is 1. The summed E-state index contributed by atoms with van der Waals surface area (Å²) in [5.74, 6) is 0.802. The van der Waals surface area contributed by atoms with Crippen molar-refractivity contribution >= 4 is 11.7 Å². The predicted octanol–water partition coefficient (Wildman–Crippen LogP) is 1.21. The maximum absolute atomic E-state index is 12.0. The largest absolute Gasteiger partial charge is 0.357 e. The molecule has 1 unspecified atom stereocenters. The van der Waals surface area contributed by atoms with Gasteiger partial charge in [0.05, 0.1) is 6.20 Å². The van der Waals surface area contributed by atoms with Crippen molar-refractivity contribution in [3.8, 4) is 0 Å². The lowest BCUT2D eigenvalue weighted by molar-refractivity contribution is -0.130. The molecular weight excluding hydrogens is 216 g/mol. The molecule has 1 atom stereocenters. The zero-order valence-corrected chi connectivity index (χ0v) is 10.3. The minimum Gasteiger partial charge on any atom is -0.357 e.